The summed E-state index contributed by atoms with van der Waals surface area (Å²) in [6.45, 7) is 0. The Labute approximate surface area is 160 Å². The number of hydrogen-bond donors (Lipinski definition) is 3. The Bertz CT molecular complexity index is 963. The third-order valence-corrected chi connectivity index (χ3v) is 3.51. The molecule has 0 unspecified atom stereocenters. The fourth-order valence-corrected chi connectivity index (χ4v) is 2.35. The van der Waals surface area contributed by atoms with E-state index in [9.17, 15) is 9.59 Å². The molecule has 0 atom stereocenters. The Morgan fingerprint density at radius 3 is 2.37 bits per heavy atom. The van der Waals surface area contributed by atoms with Crippen molar-refractivity contribution in [2.75, 3.05) is 10.6 Å². The van der Waals surface area contributed by atoms with Gasteiger partial charge in [-0.05, 0) is 60.8 Å². The summed E-state index contributed by atoms with van der Waals surface area (Å²) in [7, 11) is 0. The predicted molar refractivity (Wildman–Crippen MR) is 105 cm³/mol. The zero-order valence-electron chi connectivity index (χ0n) is 14.0. The van der Waals surface area contributed by atoms with Gasteiger partial charge in [0.2, 0.25) is 5.91 Å². The number of benzene rings is 1. The molecule has 0 saturated heterocycles. The minimum Gasteiger partial charge on any atom is -0.465 e. The number of hydrogen-bond acceptors (Lipinski definition) is 5. The summed E-state index contributed by atoms with van der Waals surface area (Å²) >= 11 is 5.12. The zero-order chi connectivity index (χ0) is 19.1. The summed E-state index contributed by atoms with van der Waals surface area (Å²) < 4.78 is 10.1. The standard InChI is InChI=1S/C19H15N3O4S/c23-17(9-8-15-6-2-10-25-15)22-19(27)21-14-5-1-4-13(12-14)20-18(24)16-7-3-11-26-16/h1-12H,(H,20,24)(H2,21,22,23,27)/b9-8-. The van der Waals surface area contributed by atoms with Crippen LogP contribution in [-0.2, 0) is 4.79 Å². The molecule has 1 aromatic carbocycles. The quantitative estimate of drug-likeness (QED) is 0.461. The van der Waals surface area contributed by atoms with Gasteiger partial charge < -0.3 is 19.5 Å². The lowest BCUT2D eigenvalue weighted by Crippen LogP contribution is -2.32. The number of carbonyl (C=O) groups excluding carboxylic acids is 2. The second kappa shape index (κ2) is 8.63. The van der Waals surface area contributed by atoms with Crippen LogP contribution in [0.1, 0.15) is 16.3 Å². The van der Waals surface area contributed by atoms with E-state index in [1.165, 1.54) is 24.7 Å². The van der Waals surface area contributed by atoms with Crippen LogP contribution in [-0.4, -0.2) is 16.9 Å². The van der Waals surface area contributed by atoms with E-state index in [4.69, 9.17) is 21.1 Å². The van der Waals surface area contributed by atoms with Gasteiger partial charge in [0.1, 0.15) is 5.76 Å². The molecular weight excluding hydrogens is 366 g/mol. The maximum Gasteiger partial charge on any atom is 0.291 e. The normalized spacial score (nSPS) is 10.5. The van der Waals surface area contributed by atoms with Crippen molar-refractivity contribution in [3.05, 3.63) is 78.7 Å². The summed E-state index contributed by atoms with van der Waals surface area (Å²) in [5.74, 6) is 0.00536. The summed E-state index contributed by atoms with van der Waals surface area (Å²) in [6, 6.07) is 13.5. The lowest BCUT2D eigenvalue weighted by Gasteiger charge is -2.10. The number of nitrogens with one attached hydrogen (secondary N) is 3. The van der Waals surface area contributed by atoms with Crippen molar-refractivity contribution in [1.82, 2.24) is 5.32 Å². The van der Waals surface area contributed by atoms with Gasteiger partial charge in [-0.3, -0.25) is 14.9 Å². The van der Waals surface area contributed by atoms with E-state index in [2.05, 4.69) is 16.0 Å². The number of amides is 2. The molecule has 3 rings (SSSR count). The third kappa shape index (κ3) is 5.41. The summed E-state index contributed by atoms with van der Waals surface area (Å²) in [5.41, 5.74) is 1.15. The smallest absolute Gasteiger partial charge is 0.291 e. The number of anilines is 2. The fraction of sp³-hybridized carbons (Fsp3) is 0. The van der Waals surface area contributed by atoms with Crippen LogP contribution in [0.2, 0.25) is 0 Å². The first-order valence-electron chi connectivity index (χ1n) is 7.88. The monoisotopic (exact) mass is 381 g/mol. The number of rotatable bonds is 5. The third-order valence-electron chi connectivity index (χ3n) is 3.30. The van der Waals surface area contributed by atoms with Gasteiger partial charge in [-0.2, -0.15) is 0 Å². The van der Waals surface area contributed by atoms with Crippen LogP contribution in [0.5, 0.6) is 0 Å². The van der Waals surface area contributed by atoms with E-state index < -0.39 is 5.91 Å². The molecule has 2 amide bonds. The van der Waals surface area contributed by atoms with Gasteiger partial charge in [0.25, 0.3) is 5.91 Å². The zero-order valence-corrected chi connectivity index (χ0v) is 14.8. The van der Waals surface area contributed by atoms with Gasteiger partial charge in [0.05, 0.1) is 12.5 Å². The average molecular weight is 381 g/mol. The maximum atomic E-state index is 12.0. The first kappa shape index (κ1) is 18.2. The topological polar surface area (TPSA) is 96.5 Å². The molecule has 0 saturated carbocycles. The second-order valence-electron chi connectivity index (χ2n) is 5.30. The van der Waals surface area contributed by atoms with Crippen LogP contribution in [0.3, 0.4) is 0 Å². The van der Waals surface area contributed by atoms with Gasteiger partial charge >= 0.3 is 0 Å². The van der Waals surface area contributed by atoms with Gasteiger partial charge in [0.15, 0.2) is 10.9 Å². The van der Waals surface area contributed by atoms with E-state index in [0.717, 1.165) is 0 Å². The summed E-state index contributed by atoms with van der Waals surface area (Å²) in [6.07, 6.45) is 5.78. The number of thiocarbonyl (C=S) groups is 1. The van der Waals surface area contributed by atoms with Crippen molar-refractivity contribution in [3.8, 4) is 0 Å². The average Bonchev–Trinajstić information content (AvgIpc) is 3.34. The molecule has 0 aliphatic heterocycles. The van der Waals surface area contributed by atoms with Crippen molar-refractivity contribution in [3.63, 3.8) is 0 Å². The Hall–Kier alpha value is -3.65. The number of furan rings is 2. The van der Waals surface area contributed by atoms with Gasteiger partial charge in [0, 0.05) is 17.5 Å². The van der Waals surface area contributed by atoms with Crippen LogP contribution in [0, 0.1) is 0 Å². The molecule has 0 aliphatic carbocycles. The first-order valence-corrected chi connectivity index (χ1v) is 8.29. The molecule has 0 radical (unpaired) electrons. The molecule has 0 bridgehead atoms. The Balaban J connectivity index is 1.54. The predicted octanol–water partition coefficient (Wildman–Crippen LogP) is 3.65. The highest BCUT2D eigenvalue weighted by molar-refractivity contribution is 7.80. The highest BCUT2D eigenvalue weighted by Crippen LogP contribution is 2.16. The molecule has 136 valence electrons. The molecule has 8 heteroatoms. The van der Waals surface area contributed by atoms with Crippen LogP contribution >= 0.6 is 12.2 Å². The van der Waals surface area contributed by atoms with Gasteiger partial charge in [-0.25, -0.2) is 0 Å². The first-order chi connectivity index (χ1) is 13.1. The molecule has 3 aromatic rings. The maximum absolute atomic E-state index is 12.0. The van der Waals surface area contributed by atoms with E-state index in [0.29, 0.717) is 17.1 Å². The molecule has 2 heterocycles. The molecule has 3 N–H and O–H groups in total. The summed E-state index contributed by atoms with van der Waals surface area (Å²) in [4.78, 5) is 23.8. The molecular formula is C19H15N3O4S. The van der Waals surface area contributed by atoms with Gasteiger partial charge in [-0.15, -0.1) is 0 Å². The summed E-state index contributed by atoms with van der Waals surface area (Å²) in [5, 5.41) is 8.24. The van der Waals surface area contributed by atoms with Crippen molar-refractivity contribution in [2.45, 2.75) is 0 Å². The van der Waals surface area contributed by atoms with Crippen LogP contribution in [0.25, 0.3) is 6.08 Å². The van der Waals surface area contributed by atoms with E-state index in [1.54, 1.807) is 48.5 Å². The van der Waals surface area contributed by atoms with Crippen LogP contribution in [0.4, 0.5) is 11.4 Å². The molecule has 2 aromatic heterocycles. The van der Waals surface area contributed by atoms with Crippen LogP contribution < -0.4 is 16.0 Å². The molecule has 0 spiro atoms. The molecule has 0 fully saturated rings. The SMILES string of the molecule is O=C(/C=C\c1ccco1)NC(=S)Nc1cccc(NC(=O)c2ccco2)c1. The Morgan fingerprint density at radius 2 is 1.67 bits per heavy atom. The van der Waals surface area contributed by atoms with Crippen molar-refractivity contribution < 1.29 is 18.4 Å². The minimum atomic E-state index is -0.397. The number of carbonyl (C=O) groups is 2. The Morgan fingerprint density at radius 1 is 0.926 bits per heavy atom. The van der Waals surface area contributed by atoms with E-state index in [1.807, 2.05) is 0 Å². The van der Waals surface area contributed by atoms with Gasteiger partial charge in [-0.1, -0.05) is 6.07 Å². The minimum absolute atomic E-state index is 0.124. The highest BCUT2D eigenvalue weighted by Gasteiger charge is 2.09. The Kier molecular flexibility index (Phi) is 5.80. The van der Waals surface area contributed by atoms with Crippen molar-refractivity contribution in [2.24, 2.45) is 0 Å². The van der Waals surface area contributed by atoms with Crippen molar-refractivity contribution >= 4 is 46.6 Å². The largest absolute Gasteiger partial charge is 0.465 e. The van der Waals surface area contributed by atoms with Crippen LogP contribution in [0.15, 0.2) is 76.0 Å². The van der Waals surface area contributed by atoms with E-state index in [-0.39, 0.29) is 16.8 Å². The van der Waals surface area contributed by atoms with E-state index >= 15 is 0 Å². The highest BCUT2D eigenvalue weighted by atomic mass is 32.1. The molecule has 0 aliphatic rings. The molecule has 7 nitrogen and oxygen atoms in total. The molecule has 27 heavy (non-hydrogen) atoms. The lowest BCUT2D eigenvalue weighted by molar-refractivity contribution is -0.115. The fourth-order valence-electron chi connectivity index (χ4n) is 2.13. The van der Waals surface area contributed by atoms with Crippen molar-refractivity contribution in [1.29, 1.82) is 0 Å². The second-order valence-corrected chi connectivity index (χ2v) is 5.71. The lowest BCUT2D eigenvalue weighted by atomic mass is 10.2.